The van der Waals surface area contributed by atoms with E-state index < -0.39 is 12.0 Å². The van der Waals surface area contributed by atoms with E-state index in [2.05, 4.69) is 19.1 Å². The van der Waals surface area contributed by atoms with Crippen LogP contribution in [0.3, 0.4) is 0 Å². The monoisotopic (exact) mass is 269 g/mol. The van der Waals surface area contributed by atoms with Gasteiger partial charge in [-0.1, -0.05) is 55.5 Å². The lowest BCUT2D eigenvalue weighted by atomic mass is 9.96. The number of rotatable bonds is 5. The van der Waals surface area contributed by atoms with Crippen molar-refractivity contribution >= 4 is 5.97 Å². The molecule has 2 aromatic carbocycles. The average Bonchev–Trinajstić information content (AvgIpc) is 2.48. The lowest BCUT2D eigenvalue weighted by molar-refractivity contribution is -0.138. The Kier molecular flexibility index (Phi) is 4.53. The molecule has 3 N–H and O–H groups in total. The summed E-state index contributed by atoms with van der Waals surface area (Å²) >= 11 is 0. The second-order valence-electron chi connectivity index (χ2n) is 4.86. The summed E-state index contributed by atoms with van der Waals surface area (Å²) in [5.41, 5.74) is 10.2. The molecule has 0 aliphatic heterocycles. The van der Waals surface area contributed by atoms with E-state index in [4.69, 9.17) is 10.8 Å². The maximum atomic E-state index is 10.8. The molecule has 0 fully saturated rings. The largest absolute Gasteiger partial charge is 0.480 e. The van der Waals surface area contributed by atoms with Crippen molar-refractivity contribution in [1.29, 1.82) is 0 Å². The minimum absolute atomic E-state index is 0.352. The van der Waals surface area contributed by atoms with Crippen molar-refractivity contribution in [2.45, 2.75) is 25.8 Å². The highest BCUT2D eigenvalue weighted by molar-refractivity contribution is 5.73. The van der Waals surface area contributed by atoms with Gasteiger partial charge in [-0.2, -0.15) is 0 Å². The molecule has 0 saturated heterocycles. The number of carboxylic acids is 1. The lowest BCUT2D eigenvalue weighted by Crippen LogP contribution is -2.32. The smallest absolute Gasteiger partial charge is 0.320 e. The SMILES string of the molecule is CCc1ccccc1-c1ccc(C[C@H](N)C(=O)O)cc1. The van der Waals surface area contributed by atoms with Crippen molar-refractivity contribution < 1.29 is 9.90 Å². The Hall–Kier alpha value is -2.13. The van der Waals surface area contributed by atoms with Crippen LogP contribution in [0.25, 0.3) is 11.1 Å². The third-order valence-corrected chi connectivity index (χ3v) is 3.44. The Balaban J connectivity index is 2.22. The van der Waals surface area contributed by atoms with Crippen LogP contribution in [-0.2, 0) is 17.6 Å². The third kappa shape index (κ3) is 3.25. The van der Waals surface area contributed by atoms with Gasteiger partial charge in [-0.25, -0.2) is 0 Å². The minimum Gasteiger partial charge on any atom is -0.480 e. The molecule has 0 amide bonds. The van der Waals surface area contributed by atoms with Crippen molar-refractivity contribution in [3.63, 3.8) is 0 Å². The van der Waals surface area contributed by atoms with E-state index >= 15 is 0 Å². The summed E-state index contributed by atoms with van der Waals surface area (Å²) in [6.07, 6.45) is 1.34. The van der Waals surface area contributed by atoms with Crippen molar-refractivity contribution in [1.82, 2.24) is 0 Å². The number of carbonyl (C=O) groups is 1. The number of aryl methyl sites for hydroxylation is 1. The summed E-state index contributed by atoms with van der Waals surface area (Å²) in [7, 11) is 0. The third-order valence-electron chi connectivity index (χ3n) is 3.44. The van der Waals surface area contributed by atoms with Gasteiger partial charge in [0.2, 0.25) is 0 Å². The quantitative estimate of drug-likeness (QED) is 0.877. The van der Waals surface area contributed by atoms with Crippen LogP contribution >= 0.6 is 0 Å². The van der Waals surface area contributed by atoms with E-state index in [0.29, 0.717) is 6.42 Å². The highest BCUT2D eigenvalue weighted by Crippen LogP contribution is 2.24. The van der Waals surface area contributed by atoms with Crippen molar-refractivity contribution in [2.75, 3.05) is 0 Å². The summed E-state index contributed by atoms with van der Waals surface area (Å²) in [6, 6.07) is 15.4. The molecule has 3 nitrogen and oxygen atoms in total. The van der Waals surface area contributed by atoms with Crippen LogP contribution in [-0.4, -0.2) is 17.1 Å². The zero-order chi connectivity index (χ0) is 14.5. The summed E-state index contributed by atoms with van der Waals surface area (Å²) < 4.78 is 0. The van der Waals surface area contributed by atoms with Gasteiger partial charge in [0.25, 0.3) is 0 Å². The normalized spacial score (nSPS) is 12.1. The number of nitrogens with two attached hydrogens (primary N) is 1. The first-order chi connectivity index (χ1) is 9.61. The molecule has 20 heavy (non-hydrogen) atoms. The van der Waals surface area contributed by atoms with Crippen LogP contribution in [0.4, 0.5) is 0 Å². The van der Waals surface area contributed by atoms with E-state index in [1.54, 1.807) is 0 Å². The zero-order valence-corrected chi connectivity index (χ0v) is 11.5. The van der Waals surface area contributed by atoms with Gasteiger partial charge >= 0.3 is 5.97 Å². The van der Waals surface area contributed by atoms with Gasteiger partial charge in [0.05, 0.1) is 0 Å². The van der Waals surface area contributed by atoms with Crippen molar-refractivity contribution in [2.24, 2.45) is 5.73 Å². The molecule has 0 unspecified atom stereocenters. The standard InChI is InChI=1S/C17H19NO2/c1-2-13-5-3-4-6-15(13)14-9-7-12(8-10-14)11-16(18)17(19)20/h3-10,16H,2,11,18H2,1H3,(H,19,20)/t16-/m0/s1. The molecule has 104 valence electrons. The van der Waals surface area contributed by atoms with E-state index in [9.17, 15) is 4.79 Å². The zero-order valence-electron chi connectivity index (χ0n) is 11.5. The van der Waals surface area contributed by atoms with Crippen LogP contribution in [0.2, 0.25) is 0 Å². The van der Waals surface area contributed by atoms with Gasteiger partial charge in [-0.05, 0) is 35.1 Å². The first-order valence-electron chi connectivity index (χ1n) is 6.77. The molecule has 0 bridgehead atoms. The van der Waals surface area contributed by atoms with Gasteiger partial charge in [0, 0.05) is 0 Å². The van der Waals surface area contributed by atoms with E-state index in [0.717, 1.165) is 17.5 Å². The molecular weight excluding hydrogens is 250 g/mol. The maximum absolute atomic E-state index is 10.8. The Bertz CT molecular complexity index is 590. The van der Waals surface area contributed by atoms with Gasteiger partial charge < -0.3 is 10.8 Å². The van der Waals surface area contributed by atoms with Gasteiger partial charge in [-0.15, -0.1) is 0 Å². The van der Waals surface area contributed by atoms with E-state index in [-0.39, 0.29) is 0 Å². The molecule has 0 aliphatic rings. The van der Waals surface area contributed by atoms with E-state index in [1.807, 2.05) is 36.4 Å². The summed E-state index contributed by atoms with van der Waals surface area (Å²) in [5.74, 6) is -0.967. The molecule has 0 spiro atoms. The van der Waals surface area contributed by atoms with E-state index in [1.165, 1.54) is 11.1 Å². The average molecular weight is 269 g/mol. The highest BCUT2D eigenvalue weighted by atomic mass is 16.4. The Morgan fingerprint density at radius 3 is 2.40 bits per heavy atom. The molecule has 2 rings (SSSR count). The number of hydrogen-bond donors (Lipinski definition) is 2. The van der Waals surface area contributed by atoms with Gasteiger partial charge in [0.15, 0.2) is 0 Å². The summed E-state index contributed by atoms with van der Waals surface area (Å²) in [5, 5.41) is 8.82. The van der Waals surface area contributed by atoms with Gasteiger partial charge in [-0.3, -0.25) is 4.79 Å². The molecule has 0 heterocycles. The van der Waals surface area contributed by atoms with Crippen LogP contribution < -0.4 is 5.73 Å². The van der Waals surface area contributed by atoms with Crippen LogP contribution in [0.15, 0.2) is 48.5 Å². The lowest BCUT2D eigenvalue weighted by Gasteiger charge is -2.10. The Morgan fingerprint density at radius 2 is 1.80 bits per heavy atom. The molecule has 0 saturated carbocycles. The van der Waals surface area contributed by atoms with Crippen molar-refractivity contribution in [3.8, 4) is 11.1 Å². The fourth-order valence-corrected chi connectivity index (χ4v) is 2.27. The van der Waals surface area contributed by atoms with Crippen molar-refractivity contribution in [3.05, 3.63) is 59.7 Å². The number of hydrogen-bond acceptors (Lipinski definition) is 2. The maximum Gasteiger partial charge on any atom is 0.320 e. The number of carboxylic acid groups (broad SMARTS) is 1. The van der Waals surface area contributed by atoms with Gasteiger partial charge in [0.1, 0.15) is 6.04 Å². The second-order valence-corrected chi connectivity index (χ2v) is 4.86. The molecule has 0 aliphatic carbocycles. The fourth-order valence-electron chi connectivity index (χ4n) is 2.27. The molecule has 0 radical (unpaired) electrons. The fraction of sp³-hybridized carbons (Fsp3) is 0.235. The Morgan fingerprint density at radius 1 is 1.15 bits per heavy atom. The predicted molar refractivity (Wildman–Crippen MR) is 80.6 cm³/mol. The van der Waals surface area contributed by atoms with Crippen LogP contribution in [0, 0.1) is 0 Å². The highest BCUT2D eigenvalue weighted by Gasteiger charge is 2.12. The molecular formula is C17H19NO2. The summed E-state index contributed by atoms with van der Waals surface area (Å²) in [4.78, 5) is 10.8. The number of aliphatic carboxylic acids is 1. The molecule has 3 heteroatoms. The molecule has 1 atom stereocenters. The minimum atomic E-state index is -0.967. The topological polar surface area (TPSA) is 63.3 Å². The molecule has 0 aromatic heterocycles. The summed E-state index contributed by atoms with van der Waals surface area (Å²) in [6.45, 7) is 2.14. The van der Waals surface area contributed by atoms with Crippen LogP contribution in [0.1, 0.15) is 18.1 Å². The molecule has 2 aromatic rings. The van der Waals surface area contributed by atoms with Crippen LogP contribution in [0.5, 0.6) is 0 Å². The first kappa shape index (κ1) is 14.3. The first-order valence-corrected chi connectivity index (χ1v) is 6.77. The second kappa shape index (κ2) is 6.35. The Labute approximate surface area is 119 Å². The number of benzene rings is 2. The predicted octanol–water partition coefficient (Wildman–Crippen LogP) is 2.87.